The molecule has 1 aliphatic heterocycles. The summed E-state index contributed by atoms with van der Waals surface area (Å²) in [5.74, 6) is 1.20. The predicted octanol–water partition coefficient (Wildman–Crippen LogP) is 0.00330. The second-order valence-corrected chi connectivity index (χ2v) is 4.23. The summed E-state index contributed by atoms with van der Waals surface area (Å²) in [4.78, 5) is 10.6. The van der Waals surface area contributed by atoms with Gasteiger partial charge in [-0.25, -0.2) is 4.98 Å². The minimum Gasteiger partial charge on any atom is -0.378 e. The van der Waals surface area contributed by atoms with Crippen LogP contribution in [0.25, 0.3) is 0 Å². The van der Waals surface area contributed by atoms with Gasteiger partial charge in [-0.2, -0.15) is 4.98 Å². The average molecular weight is 237 g/mol. The molecule has 17 heavy (non-hydrogen) atoms. The van der Waals surface area contributed by atoms with Crippen LogP contribution < -0.4 is 16.0 Å². The van der Waals surface area contributed by atoms with Gasteiger partial charge >= 0.3 is 0 Å². The number of ether oxygens (including phenoxy) is 1. The maximum atomic E-state index is 5.70. The van der Waals surface area contributed by atoms with Gasteiger partial charge in [0.2, 0.25) is 5.95 Å². The quantitative estimate of drug-likeness (QED) is 0.768. The van der Waals surface area contributed by atoms with Crippen LogP contribution in [-0.2, 0) is 11.3 Å². The zero-order valence-corrected chi connectivity index (χ0v) is 10.3. The van der Waals surface area contributed by atoms with Crippen LogP contribution in [0.4, 0.5) is 11.8 Å². The lowest BCUT2D eigenvalue weighted by Gasteiger charge is -2.18. The summed E-state index contributed by atoms with van der Waals surface area (Å²) >= 11 is 0. The minimum absolute atomic E-state index is 0.308. The Bertz CT molecular complexity index is 384. The van der Waals surface area contributed by atoms with Crippen LogP contribution in [0.5, 0.6) is 0 Å². The van der Waals surface area contributed by atoms with E-state index >= 15 is 0 Å². The molecule has 1 aromatic rings. The molecule has 0 aliphatic carbocycles. The van der Waals surface area contributed by atoms with Gasteiger partial charge in [-0.3, -0.25) is 0 Å². The van der Waals surface area contributed by atoms with Crippen LogP contribution in [0.2, 0.25) is 0 Å². The fourth-order valence-corrected chi connectivity index (χ4v) is 2.09. The lowest BCUT2D eigenvalue weighted by Crippen LogP contribution is -2.30. The molecular formula is C11H19N5O. The monoisotopic (exact) mass is 237 g/mol. The summed E-state index contributed by atoms with van der Waals surface area (Å²) in [5.41, 5.74) is 6.53. The third-order valence-electron chi connectivity index (χ3n) is 3.00. The molecule has 1 fully saturated rings. The van der Waals surface area contributed by atoms with E-state index in [2.05, 4.69) is 20.2 Å². The molecule has 1 atom stereocenters. The van der Waals surface area contributed by atoms with Gasteiger partial charge in [-0.05, 0) is 13.5 Å². The zero-order valence-electron chi connectivity index (χ0n) is 10.3. The lowest BCUT2D eigenvalue weighted by molar-refractivity contribution is 0.181. The predicted molar refractivity (Wildman–Crippen MR) is 66.8 cm³/mol. The zero-order chi connectivity index (χ0) is 12.3. The van der Waals surface area contributed by atoms with Gasteiger partial charge in [-0.1, -0.05) is 0 Å². The molecule has 1 aromatic heterocycles. The Morgan fingerprint density at radius 1 is 1.59 bits per heavy atom. The van der Waals surface area contributed by atoms with Gasteiger partial charge in [0.15, 0.2) is 0 Å². The van der Waals surface area contributed by atoms with Crippen LogP contribution in [0.3, 0.4) is 0 Å². The van der Waals surface area contributed by atoms with Crippen LogP contribution in [-0.4, -0.2) is 43.3 Å². The first-order valence-corrected chi connectivity index (χ1v) is 5.77. The molecule has 0 saturated carbocycles. The standard InChI is InChI=1S/C11H19N5O/c1-13-8-3-4-16(6-8)10-5-9(7-17-2)14-11(12)15-10/h5,8,13H,3-4,6-7H2,1-2H3,(H2,12,14,15)/t8-/m1/s1. The molecule has 3 N–H and O–H groups in total. The van der Waals surface area contributed by atoms with E-state index in [1.807, 2.05) is 13.1 Å². The number of aromatic nitrogens is 2. The number of hydrogen-bond donors (Lipinski definition) is 2. The number of anilines is 2. The van der Waals surface area contributed by atoms with E-state index in [4.69, 9.17) is 10.5 Å². The molecule has 0 bridgehead atoms. The maximum Gasteiger partial charge on any atom is 0.222 e. The summed E-state index contributed by atoms with van der Waals surface area (Å²) in [6.07, 6.45) is 1.13. The summed E-state index contributed by atoms with van der Waals surface area (Å²) in [6, 6.07) is 2.47. The van der Waals surface area contributed by atoms with Crippen molar-refractivity contribution in [2.24, 2.45) is 0 Å². The smallest absolute Gasteiger partial charge is 0.222 e. The molecule has 1 aliphatic rings. The van der Waals surface area contributed by atoms with Crippen molar-refractivity contribution >= 4 is 11.8 Å². The van der Waals surface area contributed by atoms with Crippen LogP contribution >= 0.6 is 0 Å². The summed E-state index contributed by atoms with van der Waals surface area (Å²) in [7, 11) is 3.63. The van der Waals surface area contributed by atoms with Crippen molar-refractivity contribution in [3.63, 3.8) is 0 Å². The van der Waals surface area contributed by atoms with Crippen molar-refractivity contribution in [1.29, 1.82) is 0 Å². The summed E-state index contributed by atoms with van der Waals surface area (Å²) < 4.78 is 5.07. The molecule has 0 radical (unpaired) electrons. The molecule has 0 spiro atoms. The Labute approximate surface area is 101 Å². The van der Waals surface area contributed by atoms with E-state index in [-0.39, 0.29) is 0 Å². The van der Waals surface area contributed by atoms with Gasteiger partial charge in [0.1, 0.15) is 5.82 Å². The molecule has 6 nitrogen and oxygen atoms in total. The van der Waals surface area contributed by atoms with E-state index in [0.717, 1.165) is 31.0 Å². The Morgan fingerprint density at radius 3 is 3.06 bits per heavy atom. The number of nitrogens with zero attached hydrogens (tertiary/aromatic N) is 3. The third kappa shape index (κ3) is 2.83. The Hall–Kier alpha value is -1.40. The van der Waals surface area contributed by atoms with Gasteiger partial charge in [0.05, 0.1) is 12.3 Å². The second-order valence-electron chi connectivity index (χ2n) is 4.23. The number of nitrogen functional groups attached to an aromatic ring is 1. The van der Waals surface area contributed by atoms with Crippen molar-refractivity contribution < 1.29 is 4.74 Å². The largest absolute Gasteiger partial charge is 0.378 e. The first-order valence-electron chi connectivity index (χ1n) is 5.77. The van der Waals surface area contributed by atoms with Crippen LogP contribution in [0, 0.1) is 0 Å². The van der Waals surface area contributed by atoms with E-state index < -0.39 is 0 Å². The average Bonchev–Trinajstić information content (AvgIpc) is 2.77. The first kappa shape index (κ1) is 12.1. The van der Waals surface area contributed by atoms with Gasteiger partial charge in [0, 0.05) is 32.3 Å². The lowest BCUT2D eigenvalue weighted by atomic mass is 10.3. The summed E-state index contributed by atoms with van der Waals surface area (Å²) in [5, 5.41) is 3.28. The third-order valence-corrected chi connectivity index (χ3v) is 3.00. The van der Waals surface area contributed by atoms with Crippen LogP contribution in [0.1, 0.15) is 12.1 Å². The number of rotatable bonds is 4. The highest BCUT2D eigenvalue weighted by atomic mass is 16.5. The SMILES string of the molecule is CN[C@@H]1CCN(c2cc(COC)nc(N)n2)C1. The molecule has 6 heteroatoms. The highest BCUT2D eigenvalue weighted by molar-refractivity contribution is 5.44. The minimum atomic E-state index is 0.308. The Kier molecular flexibility index (Phi) is 3.75. The van der Waals surface area contributed by atoms with Crippen molar-refractivity contribution in [1.82, 2.24) is 15.3 Å². The molecule has 2 heterocycles. The maximum absolute atomic E-state index is 5.70. The normalized spacial score (nSPS) is 19.9. The van der Waals surface area contributed by atoms with E-state index in [1.54, 1.807) is 7.11 Å². The molecule has 0 unspecified atom stereocenters. The number of methoxy groups -OCH3 is 1. The number of nitrogens with two attached hydrogens (primary N) is 1. The van der Waals surface area contributed by atoms with Gasteiger partial charge in [-0.15, -0.1) is 0 Å². The van der Waals surface area contributed by atoms with Crippen LogP contribution in [0.15, 0.2) is 6.07 Å². The molecule has 2 rings (SSSR count). The van der Waals surface area contributed by atoms with Gasteiger partial charge < -0.3 is 20.7 Å². The summed E-state index contributed by atoms with van der Waals surface area (Å²) in [6.45, 7) is 2.41. The highest BCUT2D eigenvalue weighted by Gasteiger charge is 2.22. The van der Waals surface area contributed by atoms with E-state index in [9.17, 15) is 0 Å². The van der Waals surface area contributed by atoms with Crippen molar-refractivity contribution in [3.05, 3.63) is 11.8 Å². The Morgan fingerprint density at radius 2 is 2.41 bits per heavy atom. The van der Waals surface area contributed by atoms with Crippen molar-refractivity contribution in [2.45, 2.75) is 19.1 Å². The number of likely N-dealkylation sites (N-methyl/N-ethyl adjacent to an activating group) is 1. The van der Waals surface area contributed by atoms with E-state index in [1.165, 1.54) is 0 Å². The molecule has 94 valence electrons. The molecule has 0 aromatic carbocycles. The highest BCUT2D eigenvalue weighted by Crippen LogP contribution is 2.19. The number of nitrogens with one attached hydrogen (secondary N) is 1. The second kappa shape index (κ2) is 5.29. The number of hydrogen-bond acceptors (Lipinski definition) is 6. The first-order chi connectivity index (χ1) is 8.22. The fourth-order valence-electron chi connectivity index (χ4n) is 2.09. The Balaban J connectivity index is 2.15. The fraction of sp³-hybridized carbons (Fsp3) is 0.636. The topological polar surface area (TPSA) is 76.3 Å². The van der Waals surface area contributed by atoms with Gasteiger partial charge in [0.25, 0.3) is 0 Å². The van der Waals surface area contributed by atoms with Crippen molar-refractivity contribution in [3.8, 4) is 0 Å². The van der Waals surface area contributed by atoms with Crippen molar-refractivity contribution in [2.75, 3.05) is 37.9 Å². The molecule has 0 amide bonds. The van der Waals surface area contributed by atoms with E-state index in [0.29, 0.717) is 18.6 Å². The molecular weight excluding hydrogens is 218 g/mol. The molecule has 1 saturated heterocycles.